The second kappa shape index (κ2) is 7.55. The van der Waals surface area contributed by atoms with E-state index in [1.54, 1.807) is 13.0 Å². The summed E-state index contributed by atoms with van der Waals surface area (Å²) < 4.78 is 12.2. The predicted molar refractivity (Wildman–Crippen MR) is 98.2 cm³/mol. The summed E-state index contributed by atoms with van der Waals surface area (Å²) in [6, 6.07) is 7.95. The largest absolute Gasteiger partial charge is 0.463 e. The van der Waals surface area contributed by atoms with Crippen LogP contribution >= 0.6 is 0 Å². The first-order valence-corrected chi connectivity index (χ1v) is 8.36. The number of fused-ring (bicyclic) bond motifs is 1. The van der Waals surface area contributed by atoms with Crippen molar-refractivity contribution < 1.29 is 19.1 Å². The molecule has 25 heavy (non-hydrogen) atoms. The van der Waals surface area contributed by atoms with Crippen LogP contribution in [0.1, 0.15) is 39.0 Å². The van der Waals surface area contributed by atoms with Crippen molar-refractivity contribution in [2.75, 3.05) is 6.61 Å². The van der Waals surface area contributed by atoms with Gasteiger partial charge in [-0.3, -0.25) is 4.79 Å². The van der Waals surface area contributed by atoms with Crippen molar-refractivity contribution in [2.45, 2.75) is 46.8 Å². The maximum Gasteiger partial charge on any atom is 0.330 e. The van der Waals surface area contributed by atoms with Crippen molar-refractivity contribution in [1.82, 2.24) is 4.57 Å². The van der Waals surface area contributed by atoms with Crippen LogP contribution in [0.2, 0.25) is 0 Å². The van der Waals surface area contributed by atoms with Gasteiger partial charge in [-0.1, -0.05) is 11.6 Å². The van der Waals surface area contributed by atoms with Crippen LogP contribution in [-0.2, 0) is 25.6 Å². The first-order chi connectivity index (χ1) is 11.7. The summed E-state index contributed by atoms with van der Waals surface area (Å²) >= 11 is 0. The van der Waals surface area contributed by atoms with Gasteiger partial charge in [0.15, 0.2) is 0 Å². The molecule has 0 amide bonds. The fourth-order valence-electron chi connectivity index (χ4n) is 2.57. The van der Waals surface area contributed by atoms with E-state index in [1.165, 1.54) is 6.08 Å². The molecule has 0 saturated carbocycles. The summed E-state index contributed by atoms with van der Waals surface area (Å²) in [6.07, 6.45) is 3.04. The predicted octanol–water partition coefficient (Wildman–Crippen LogP) is 3.87. The van der Waals surface area contributed by atoms with E-state index in [-0.39, 0.29) is 12.5 Å². The Bertz CT molecular complexity index is 809. The van der Waals surface area contributed by atoms with Gasteiger partial charge in [-0.2, -0.15) is 0 Å². The average Bonchev–Trinajstić information content (AvgIpc) is 2.80. The third-order valence-corrected chi connectivity index (χ3v) is 3.47. The molecule has 0 saturated heterocycles. The lowest BCUT2D eigenvalue weighted by molar-refractivity contribution is -0.155. The van der Waals surface area contributed by atoms with Gasteiger partial charge in [0.05, 0.1) is 6.61 Å². The van der Waals surface area contributed by atoms with E-state index in [4.69, 9.17) is 9.47 Å². The number of aromatic nitrogens is 1. The molecule has 0 bridgehead atoms. The maximum absolute atomic E-state index is 12.3. The van der Waals surface area contributed by atoms with Crippen LogP contribution in [-0.4, -0.2) is 28.7 Å². The van der Waals surface area contributed by atoms with E-state index in [2.05, 4.69) is 0 Å². The van der Waals surface area contributed by atoms with Crippen molar-refractivity contribution in [2.24, 2.45) is 0 Å². The molecule has 5 heteroatoms. The van der Waals surface area contributed by atoms with Crippen molar-refractivity contribution in [3.63, 3.8) is 0 Å². The van der Waals surface area contributed by atoms with Crippen LogP contribution in [0.4, 0.5) is 0 Å². The molecule has 0 radical (unpaired) electrons. The van der Waals surface area contributed by atoms with E-state index in [1.807, 2.05) is 56.5 Å². The molecule has 5 nitrogen and oxygen atoms in total. The van der Waals surface area contributed by atoms with E-state index in [0.717, 1.165) is 22.2 Å². The van der Waals surface area contributed by atoms with Gasteiger partial charge < -0.3 is 14.0 Å². The molecule has 0 aliphatic carbocycles. The summed E-state index contributed by atoms with van der Waals surface area (Å²) in [5, 5.41) is 1.01. The number of ether oxygens (including phenoxy) is 2. The van der Waals surface area contributed by atoms with Gasteiger partial charge in [0, 0.05) is 22.7 Å². The summed E-state index contributed by atoms with van der Waals surface area (Å²) in [5.74, 6) is -0.732. The number of hydrogen-bond donors (Lipinski definition) is 0. The lowest BCUT2D eigenvalue weighted by atomic mass is 10.2. The number of aryl methyl sites for hydroxylation is 1. The molecule has 2 rings (SSSR count). The minimum Gasteiger partial charge on any atom is -0.463 e. The molecule has 0 N–H and O–H groups in total. The second-order valence-electron chi connectivity index (χ2n) is 6.89. The van der Waals surface area contributed by atoms with Crippen molar-refractivity contribution in [1.29, 1.82) is 0 Å². The number of hydrogen-bond acceptors (Lipinski definition) is 4. The molecule has 0 atom stereocenters. The zero-order valence-electron chi connectivity index (χ0n) is 15.5. The Labute approximate surface area is 148 Å². The topological polar surface area (TPSA) is 57.5 Å². The highest BCUT2D eigenvalue weighted by Gasteiger charge is 2.18. The molecule has 1 heterocycles. The molecule has 0 spiro atoms. The zero-order valence-corrected chi connectivity index (χ0v) is 15.5. The van der Waals surface area contributed by atoms with Gasteiger partial charge >= 0.3 is 11.9 Å². The molecular weight excluding hydrogens is 318 g/mol. The van der Waals surface area contributed by atoms with Gasteiger partial charge in [0.25, 0.3) is 0 Å². The monoisotopic (exact) mass is 343 g/mol. The van der Waals surface area contributed by atoms with Crippen molar-refractivity contribution >= 4 is 28.9 Å². The first kappa shape index (κ1) is 18.8. The number of nitrogens with zero attached hydrogens (tertiary/aromatic N) is 1. The van der Waals surface area contributed by atoms with E-state index < -0.39 is 11.6 Å². The number of carbonyl (C=O) groups is 2. The highest BCUT2D eigenvalue weighted by Crippen LogP contribution is 2.23. The van der Waals surface area contributed by atoms with E-state index >= 15 is 0 Å². The number of benzene rings is 1. The summed E-state index contributed by atoms with van der Waals surface area (Å²) in [6.45, 7) is 9.68. The molecule has 134 valence electrons. The third-order valence-electron chi connectivity index (χ3n) is 3.47. The standard InChI is InChI=1S/C20H25NO4/c1-6-24-18(22)10-8-16-12-15-11-14(2)7-9-17(15)21(16)13-19(23)25-20(3,4)5/h7-12H,6,13H2,1-5H3/b10-8+. The quantitative estimate of drug-likeness (QED) is 0.611. The minimum absolute atomic E-state index is 0.0757. The van der Waals surface area contributed by atoms with Crippen molar-refractivity contribution in [3.8, 4) is 0 Å². The summed E-state index contributed by atoms with van der Waals surface area (Å²) in [7, 11) is 0. The van der Waals surface area contributed by atoms with Crippen LogP contribution in [0.5, 0.6) is 0 Å². The first-order valence-electron chi connectivity index (χ1n) is 8.36. The third kappa shape index (κ3) is 5.21. The smallest absolute Gasteiger partial charge is 0.330 e. The molecule has 0 unspecified atom stereocenters. The van der Waals surface area contributed by atoms with Gasteiger partial charge in [0.2, 0.25) is 0 Å². The molecule has 1 aromatic heterocycles. The van der Waals surface area contributed by atoms with Crippen LogP contribution in [0.15, 0.2) is 30.3 Å². The van der Waals surface area contributed by atoms with Crippen molar-refractivity contribution in [3.05, 3.63) is 41.6 Å². The Morgan fingerprint density at radius 2 is 1.92 bits per heavy atom. The molecule has 0 aliphatic rings. The van der Waals surface area contributed by atoms with Gasteiger partial charge in [0.1, 0.15) is 12.1 Å². The number of carbonyl (C=O) groups excluding carboxylic acids is 2. The normalized spacial score (nSPS) is 11.9. The highest BCUT2D eigenvalue weighted by atomic mass is 16.6. The molecule has 2 aromatic rings. The fourth-order valence-corrected chi connectivity index (χ4v) is 2.57. The Hall–Kier alpha value is -2.56. The molecule has 0 fully saturated rings. The number of esters is 2. The fraction of sp³-hybridized carbons (Fsp3) is 0.400. The van der Waals surface area contributed by atoms with Crippen LogP contribution in [0, 0.1) is 6.92 Å². The zero-order chi connectivity index (χ0) is 18.6. The average molecular weight is 343 g/mol. The SMILES string of the molecule is CCOC(=O)/C=C/c1cc2cc(C)ccc2n1CC(=O)OC(C)(C)C. The van der Waals surface area contributed by atoms with Crippen LogP contribution in [0.25, 0.3) is 17.0 Å². The Morgan fingerprint density at radius 3 is 2.56 bits per heavy atom. The summed E-state index contributed by atoms with van der Waals surface area (Å²) in [5.41, 5.74) is 2.25. The molecular formula is C20H25NO4. The minimum atomic E-state index is -0.544. The van der Waals surface area contributed by atoms with Gasteiger partial charge in [-0.25, -0.2) is 4.79 Å². The lowest BCUT2D eigenvalue weighted by Gasteiger charge is -2.20. The molecule has 1 aromatic carbocycles. The second-order valence-corrected chi connectivity index (χ2v) is 6.89. The van der Waals surface area contributed by atoms with Gasteiger partial charge in [-0.15, -0.1) is 0 Å². The highest BCUT2D eigenvalue weighted by molar-refractivity contribution is 5.90. The van der Waals surface area contributed by atoms with Crippen LogP contribution < -0.4 is 0 Å². The summed E-state index contributed by atoms with van der Waals surface area (Å²) in [4.78, 5) is 23.9. The number of rotatable bonds is 5. The Balaban J connectivity index is 2.39. The molecule has 0 aliphatic heterocycles. The Morgan fingerprint density at radius 1 is 1.20 bits per heavy atom. The van der Waals surface area contributed by atoms with E-state index in [9.17, 15) is 9.59 Å². The lowest BCUT2D eigenvalue weighted by Crippen LogP contribution is -2.26. The Kier molecular flexibility index (Phi) is 5.67. The van der Waals surface area contributed by atoms with Gasteiger partial charge in [-0.05, 0) is 58.9 Å². The van der Waals surface area contributed by atoms with Crippen LogP contribution in [0.3, 0.4) is 0 Å². The van der Waals surface area contributed by atoms with E-state index in [0.29, 0.717) is 6.61 Å². The maximum atomic E-state index is 12.3.